The second kappa shape index (κ2) is 5.20. The van der Waals surface area contributed by atoms with Crippen molar-refractivity contribution in [3.63, 3.8) is 0 Å². The largest absolute Gasteiger partial charge is 0.478 e. The van der Waals surface area contributed by atoms with Crippen molar-refractivity contribution in [2.75, 3.05) is 11.9 Å². The first-order valence-corrected chi connectivity index (χ1v) is 5.02. The molecular weight excluding hydrogens is 210 g/mol. The van der Waals surface area contributed by atoms with E-state index < -0.39 is 12.0 Å². The third kappa shape index (κ3) is 2.75. The van der Waals surface area contributed by atoms with Crippen LogP contribution in [0.4, 0.5) is 10.5 Å². The smallest absolute Gasteiger partial charge is 0.339 e. The van der Waals surface area contributed by atoms with Gasteiger partial charge in [-0.2, -0.15) is 0 Å². The van der Waals surface area contributed by atoms with E-state index in [4.69, 9.17) is 5.11 Å². The van der Waals surface area contributed by atoms with Gasteiger partial charge in [-0.25, -0.2) is 9.59 Å². The minimum Gasteiger partial charge on any atom is -0.478 e. The van der Waals surface area contributed by atoms with Gasteiger partial charge in [0.25, 0.3) is 0 Å². The highest BCUT2D eigenvalue weighted by Crippen LogP contribution is 2.18. The molecule has 1 heterocycles. The Kier molecular flexibility index (Phi) is 3.93. The van der Waals surface area contributed by atoms with Crippen molar-refractivity contribution in [1.82, 2.24) is 10.3 Å². The van der Waals surface area contributed by atoms with Gasteiger partial charge in [-0.1, -0.05) is 6.92 Å². The summed E-state index contributed by atoms with van der Waals surface area (Å²) in [4.78, 5) is 25.0. The Morgan fingerprint density at radius 1 is 1.50 bits per heavy atom. The molecular formula is C10H15N3O3. The molecule has 1 aromatic heterocycles. The molecule has 0 bridgehead atoms. The van der Waals surface area contributed by atoms with Gasteiger partial charge in [-0.15, -0.1) is 0 Å². The van der Waals surface area contributed by atoms with Gasteiger partial charge in [0.15, 0.2) is 0 Å². The number of carbonyl (C=O) groups excluding carboxylic acids is 1. The van der Waals surface area contributed by atoms with E-state index in [-0.39, 0.29) is 11.3 Å². The van der Waals surface area contributed by atoms with E-state index in [1.165, 1.54) is 6.20 Å². The number of nitrogens with one attached hydrogen (secondary N) is 3. The molecule has 0 atom stereocenters. The lowest BCUT2D eigenvalue weighted by Crippen LogP contribution is -2.29. The maximum absolute atomic E-state index is 11.3. The molecule has 1 rings (SSSR count). The summed E-state index contributed by atoms with van der Waals surface area (Å²) in [5, 5.41) is 14.0. The fourth-order valence-corrected chi connectivity index (χ4v) is 1.31. The number of carbonyl (C=O) groups is 2. The van der Waals surface area contributed by atoms with Crippen molar-refractivity contribution in [2.45, 2.75) is 20.3 Å². The monoisotopic (exact) mass is 225 g/mol. The Hall–Kier alpha value is -1.98. The Labute approximate surface area is 93.0 Å². The van der Waals surface area contributed by atoms with E-state index in [2.05, 4.69) is 15.6 Å². The number of urea groups is 1. The van der Waals surface area contributed by atoms with Crippen LogP contribution < -0.4 is 10.6 Å². The lowest BCUT2D eigenvalue weighted by molar-refractivity contribution is 0.0697. The van der Waals surface area contributed by atoms with Crippen molar-refractivity contribution in [2.24, 2.45) is 0 Å². The fourth-order valence-electron chi connectivity index (χ4n) is 1.31. The van der Waals surface area contributed by atoms with Crippen molar-refractivity contribution in [3.8, 4) is 0 Å². The number of amides is 2. The fraction of sp³-hybridized carbons (Fsp3) is 0.400. The zero-order valence-corrected chi connectivity index (χ0v) is 9.26. The van der Waals surface area contributed by atoms with Crippen LogP contribution in [0, 0.1) is 6.92 Å². The summed E-state index contributed by atoms with van der Waals surface area (Å²) in [6, 6.07) is -0.400. The van der Waals surface area contributed by atoms with E-state index in [1.807, 2.05) is 6.92 Å². The Bertz CT molecular complexity index is 398. The molecule has 6 heteroatoms. The molecule has 0 aliphatic rings. The van der Waals surface area contributed by atoms with Gasteiger partial charge in [0.2, 0.25) is 0 Å². The maximum Gasteiger partial charge on any atom is 0.339 e. The van der Waals surface area contributed by atoms with Crippen LogP contribution >= 0.6 is 0 Å². The second-order valence-electron chi connectivity index (χ2n) is 3.39. The summed E-state index contributed by atoms with van der Waals surface area (Å²) < 4.78 is 0. The maximum atomic E-state index is 11.3. The molecule has 0 aromatic carbocycles. The molecule has 0 saturated carbocycles. The first kappa shape index (κ1) is 12.1. The van der Waals surface area contributed by atoms with Crippen molar-refractivity contribution in [3.05, 3.63) is 17.5 Å². The van der Waals surface area contributed by atoms with Crippen LogP contribution in [0.15, 0.2) is 6.20 Å². The van der Waals surface area contributed by atoms with Gasteiger partial charge in [-0.05, 0) is 13.3 Å². The van der Waals surface area contributed by atoms with Gasteiger partial charge in [-0.3, -0.25) is 0 Å². The zero-order chi connectivity index (χ0) is 12.1. The van der Waals surface area contributed by atoms with Crippen molar-refractivity contribution < 1.29 is 14.7 Å². The Balaban J connectivity index is 2.74. The molecule has 1 aromatic rings. The van der Waals surface area contributed by atoms with Crippen LogP contribution in [0.25, 0.3) is 0 Å². The number of H-pyrrole nitrogens is 1. The van der Waals surface area contributed by atoms with Crippen molar-refractivity contribution >= 4 is 17.7 Å². The molecule has 0 radical (unpaired) electrons. The van der Waals surface area contributed by atoms with Crippen molar-refractivity contribution in [1.29, 1.82) is 0 Å². The number of hydrogen-bond donors (Lipinski definition) is 4. The number of carboxylic acid groups (broad SMARTS) is 1. The van der Waals surface area contributed by atoms with E-state index in [0.29, 0.717) is 12.2 Å². The summed E-state index contributed by atoms with van der Waals surface area (Å²) in [6.45, 7) is 4.12. The highest BCUT2D eigenvalue weighted by atomic mass is 16.4. The molecule has 4 N–H and O–H groups in total. The number of rotatable bonds is 4. The summed E-state index contributed by atoms with van der Waals surface area (Å²) in [5.74, 6) is -1.07. The van der Waals surface area contributed by atoms with Crippen LogP contribution in [0.2, 0.25) is 0 Å². The normalized spacial score (nSPS) is 9.88. The standard InChI is InChI=1S/C10H15N3O3/c1-3-4-11-10(16)13-7-5-12-6(2)8(7)9(14)15/h5,12H,3-4H2,1-2H3,(H,14,15)(H2,11,13,16). The second-order valence-corrected chi connectivity index (χ2v) is 3.39. The van der Waals surface area contributed by atoms with Crippen LogP contribution in [0.5, 0.6) is 0 Å². The minimum atomic E-state index is -1.07. The van der Waals surface area contributed by atoms with Gasteiger partial charge >= 0.3 is 12.0 Å². The zero-order valence-electron chi connectivity index (χ0n) is 9.26. The number of hydrogen-bond acceptors (Lipinski definition) is 2. The van der Waals surface area contributed by atoms with Gasteiger partial charge in [0, 0.05) is 18.4 Å². The lowest BCUT2D eigenvalue weighted by atomic mass is 10.2. The van der Waals surface area contributed by atoms with E-state index in [0.717, 1.165) is 6.42 Å². The first-order chi connectivity index (χ1) is 7.56. The summed E-state index contributed by atoms with van der Waals surface area (Å²) >= 11 is 0. The van der Waals surface area contributed by atoms with Crippen LogP contribution in [0.3, 0.4) is 0 Å². The van der Waals surface area contributed by atoms with Gasteiger partial charge in [0.05, 0.1) is 5.69 Å². The topological polar surface area (TPSA) is 94.2 Å². The molecule has 0 spiro atoms. The van der Waals surface area contributed by atoms with E-state index in [1.54, 1.807) is 6.92 Å². The molecule has 0 fully saturated rings. The SMILES string of the molecule is CCCNC(=O)Nc1c[nH]c(C)c1C(=O)O. The molecule has 0 unspecified atom stereocenters. The third-order valence-corrected chi connectivity index (χ3v) is 2.07. The third-order valence-electron chi connectivity index (χ3n) is 2.07. The average molecular weight is 225 g/mol. The molecule has 6 nitrogen and oxygen atoms in total. The lowest BCUT2D eigenvalue weighted by Gasteiger charge is -2.05. The summed E-state index contributed by atoms with van der Waals surface area (Å²) in [5.41, 5.74) is 0.878. The Morgan fingerprint density at radius 3 is 2.75 bits per heavy atom. The molecule has 0 aliphatic carbocycles. The minimum absolute atomic E-state index is 0.0895. The van der Waals surface area contributed by atoms with E-state index >= 15 is 0 Å². The summed E-state index contributed by atoms with van der Waals surface area (Å²) in [6.07, 6.45) is 2.29. The van der Waals surface area contributed by atoms with Gasteiger partial charge < -0.3 is 20.7 Å². The molecule has 16 heavy (non-hydrogen) atoms. The number of aromatic nitrogens is 1. The quantitative estimate of drug-likeness (QED) is 0.626. The number of aromatic carboxylic acids is 1. The van der Waals surface area contributed by atoms with Crippen LogP contribution in [-0.4, -0.2) is 28.6 Å². The number of aryl methyl sites for hydroxylation is 1. The molecule has 2 amide bonds. The van der Waals surface area contributed by atoms with E-state index in [9.17, 15) is 9.59 Å². The highest BCUT2D eigenvalue weighted by molar-refractivity contribution is 6.00. The number of aromatic amines is 1. The van der Waals surface area contributed by atoms with Crippen LogP contribution in [-0.2, 0) is 0 Å². The summed E-state index contributed by atoms with van der Waals surface area (Å²) in [7, 11) is 0. The molecule has 88 valence electrons. The molecule has 0 saturated heterocycles. The average Bonchev–Trinajstić information content (AvgIpc) is 2.56. The Morgan fingerprint density at radius 2 is 2.19 bits per heavy atom. The predicted octanol–water partition coefficient (Wildman–Crippen LogP) is 1.55. The highest BCUT2D eigenvalue weighted by Gasteiger charge is 2.16. The number of carboxylic acids is 1. The predicted molar refractivity (Wildman–Crippen MR) is 59.8 cm³/mol. The van der Waals surface area contributed by atoms with Crippen LogP contribution in [0.1, 0.15) is 29.4 Å². The number of anilines is 1. The molecule has 0 aliphatic heterocycles. The first-order valence-electron chi connectivity index (χ1n) is 5.02. The van der Waals surface area contributed by atoms with Gasteiger partial charge in [0.1, 0.15) is 5.56 Å².